The first-order valence-corrected chi connectivity index (χ1v) is 5.65. The average molecular weight is 298 g/mol. The van der Waals surface area contributed by atoms with Gasteiger partial charge in [0.05, 0.1) is 22.9 Å². The summed E-state index contributed by atoms with van der Waals surface area (Å²) >= 11 is 0. The van der Waals surface area contributed by atoms with Crippen LogP contribution < -0.4 is 5.32 Å². The van der Waals surface area contributed by atoms with E-state index in [9.17, 15) is 22.0 Å². The molecular weight excluding hydrogens is 291 g/mol. The van der Waals surface area contributed by atoms with E-state index in [4.69, 9.17) is 5.26 Å². The summed E-state index contributed by atoms with van der Waals surface area (Å²) in [6.45, 7) is 0. The number of hydrogen-bond donors (Lipinski definition) is 1. The molecule has 0 bridgehead atoms. The lowest BCUT2D eigenvalue weighted by atomic mass is 10.1. The van der Waals surface area contributed by atoms with E-state index in [1.807, 2.05) is 0 Å². The van der Waals surface area contributed by atoms with Gasteiger partial charge in [0.25, 0.3) is 0 Å². The standard InChI is InChI=1S/C14H7F5N2/c15-11-2-1-3-12(13(11)16)21-9-4-5-10(14(17,18)19)8(6-9)7-20/h1-6,21H. The molecule has 0 atom stereocenters. The van der Waals surface area contributed by atoms with Gasteiger partial charge in [-0.25, -0.2) is 8.78 Å². The number of rotatable bonds is 2. The smallest absolute Gasteiger partial charge is 0.353 e. The SMILES string of the molecule is N#Cc1cc(Nc2cccc(F)c2F)ccc1C(F)(F)F. The second-order valence-corrected chi connectivity index (χ2v) is 4.10. The molecule has 21 heavy (non-hydrogen) atoms. The summed E-state index contributed by atoms with van der Waals surface area (Å²) in [6, 6.07) is 7.47. The van der Waals surface area contributed by atoms with Gasteiger partial charge in [-0.3, -0.25) is 0 Å². The van der Waals surface area contributed by atoms with Crippen molar-refractivity contribution in [1.82, 2.24) is 0 Å². The minimum Gasteiger partial charge on any atom is -0.353 e. The fourth-order valence-corrected chi connectivity index (χ4v) is 1.72. The third kappa shape index (κ3) is 3.11. The quantitative estimate of drug-likeness (QED) is 0.822. The van der Waals surface area contributed by atoms with Gasteiger partial charge in [0, 0.05) is 5.69 Å². The summed E-state index contributed by atoms with van der Waals surface area (Å²) in [5, 5.41) is 11.2. The second kappa shape index (κ2) is 5.40. The van der Waals surface area contributed by atoms with E-state index in [1.54, 1.807) is 0 Å². The Morgan fingerprint density at radius 2 is 1.76 bits per heavy atom. The van der Waals surface area contributed by atoms with Crippen LogP contribution in [0.3, 0.4) is 0 Å². The van der Waals surface area contributed by atoms with E-state index in [0.29, 0.717) is 6.07 Å². The maximum Gasteiger partial charge on any atom is 0.417 e. The summed E-state index contributed by atoms with van der Waals surface area (Å²) in [5.41, 5.74) is -1.89. The van der Waals surface area contributed by atoms with Gasteiger partial charge in [0.1, 0.15) is 0 Å². The number of nitrogens with one attached hydrogen (secondary N) is 1. The first kappa shape index (κ1) is 14.8. The van der Waals surface area contributed by atoms with Crippen LogP contribution in [-0.2, 0) is 6.18 Å². The highest BCUT2D eigenvalue weighted by molar-refractivity contribution is 5.63. The predicted octanol–water partition coefficient (Wildman–Crippen LogP) is 4.60. The van der Waals surface area contributed by atoms with Crippen molar-refractivity contribution in [1.29, 1.82) is 5.26 Å². The van der Waals surface area contributed by atoms with Gasteiger partial charge in [-0.05, 0) is 30.3 Å². The van der Waals surface area contributed by atoms with Crippen molar-refractivity contribution in [3.05, 3.63) is 59.2 Å². The first-order valence-electron chi connectivity index (χ1n) is 5.65. The molecule has 0 aliphatic carbocycles. The van der Waals surface area contributed by atoms with Crippen molar-refractivity contribution >= 4 is 11.4 Å². The van der Waals surface area contributed by atoms with Crippen LogP contribution in [0.4, 0.5) is 33.3 Å². The topological polar surface area (TPSA) is 35.8 Å². The minimum absolute atomic E-state index is 0.0454. The molecule has 1 N–H and O–H groups in total. The average Bonchev–Trinajstić information content (AvgIpc) is 2.42. The Labute approximate surface area is 116 Å². The monoisotopic (exact) mass is 298 g/mol. The molecular formula is C14H7F5N2. The van der Waals surface area contributed by atoms with Gasteiger partial charge >= 0.3 is 6.18 Å². The fourth-order valence-electron chi connectivity index (χ4n) is 1.72. The zero-order valence-corrected chi connectivity index (χ0v) is 10.3. The van der Waals surface area contributed by atoms with E-state index in [0.717, 1.165) is 18.2 Å². The van der Waals surface area contributed by atoms with E-state index in [2.05, 4.69) is 5.32 Å². The Morgan fingerprint density at radius 3 is 2.38 bits per heavy atom. The van der Waals surface area contributed by atoms with Crippen LogP contribution in [0.5, 0.6) is 0 Å². The molecule has 0 fully saturated rings. The first-order chi connectivity index (χ1) is 9.82. The molecule has 2 aromatic rings. The molecule has 0 aliphatic rings. The van der Waals surface area contributed by atoms with Crippen LogP contribution in [0.1, 0.15) is 11.1 Å². The number of halogens is 5. The Bertz CT molecular complexity index is 716. The molecule has 0 amide bonds. The Balaban J connectivity index is 2.39. The summed E-state index contributed by atoms with van der Waals surface area (Å²) in [5.74, 6) is -2.25. The van der Waals surface area contributed by atoms with Gasteiger partial charge in [-0.15, -0.1) is 0 Å². The molecule has 0 saturated carbocycles. The van der Waals surface area contributed by atoms with Crippen LogP contribution in [-0.4, -0.2) is 0 Å². The molecule has 0 radical (unpaired) electrons. The second-order valence-electron chi connectivity index (χ2n) is 4.10. The van der Waals surface area contributed by atoms with Crippen molar-refractivity contribution in [2.24, 2.45) is 0 Å². The molecule has 0 unspecified atom stereocenters. The van der Waals surface area contributed by atoms with Crippen molar-refractivity contribution in [3.63, 3.8) is 0 Å². The molecule has 2 aromatic carbocycles. The zero-order valence-electron chi connectivity index (χ0n) is 10.3. The van der Waals surface area contributed by atoms with Crippen LogP contribution >= 0.6 is 0 Å². The van der Waals surface area contributed by atoms with Gasteiger partial charge in [0.2, 0.25) is 0 Å². The van der Waals surface area contributed by atoms with E-state index < -0.39 is 28.9 Å². The normalized spacial score (nSPS) is 11.0. The third-order valence-corrected chi connectivity index (χ3v) is 2.68. The lowest BCUT2D eigenvalue weighted by Gasteiger charge is -2.12. The number of hydrogen-bond acceptors (Lipinski definition) is 2. The Kier molecular flexibility index (Phi) is 3.80. The van der Waals surface area contributed by atoms with Crippen LogP contribution in [0.2, 0.25) is 0 Å². The summed E-state index contributed by atoms with van der Waals surface area (Å²) in [4.78, 5) is 0. The summed E-state index contributed by atoms with van der Waals surface area (Å²) in [7, 11) is 0. The van der Waals surface area contributed by atoms with E-state index >= 15 is 0 Å². The van der Waals surface area contributed by atoms with Crippen molar-refractivity contribution in [3.8, 4) is 6.07 Å². The number of anilines is 2. The van der Waals surface area contributed by atoms with Crippen LogP contribution in [0.25, 0.3) is 0 Å². The van der Waals surface area contributed by atoms with Gasteiger partial charge in [-0.1, -0.05) is 6.07 Å². The van der Waals surface area contributed by atoms with Gasteiger partial charge in [0.15, 0.2) is 11.6 Å². The minimum atomic E-state index is -4.66. The summed E-state index contributed by atoms with van der Waals surface area (Å²) < 4.78 is 64.4. The third-order valence-electron chi connectivity index (χ3n) is 2.68. The molecule has 7 heteroatoms. The molecule has 0 aromatic heterocycles. The molecule has 0 heterocycles. The van der Waals surface area contributed by atoms with Crippen molar-refractivity contribution in [2.45, 2.75) is 6.18 Å². The van der Waals surface area contributed by atoms with Gasteiger partial charge < -0.3 is 5.32 Å². The van der Waals surface area contributed by atoms with E-state index in [1.165, 1.54) is 18.2 Å². The largest absolute Gasteiger partial charge is 0.417 e. The number of nitriles is 1. The highest BCUT2D eigenvalue weighted by atomic mass is 19.4. The molecule has 0 spiro atoms. The molecule has 108 valence electrons. The molecule has 0 saturated heterocycles. The maximum absolute atomic E-state index is 13.5. The summed E-state index contributed by atoms with van der Waals surface area (Å²) in [6.07, 6.45) is -4.66. The van der Waals surface area contributed by atoms with E-state index in [-0.39, 0.29) is 11.4 Å². The maximum atomic E-state index is 13.5. The highest BCUT2D eigenvalue weighted by Gasteiger charge is 2.33. The Morgan fingerprint density at radius 1 is 1.05 bits per heavy atom. The lowest BCUT2D eigenvalue weighted by molar-refractivity contribution is -0.137. The van der Waals surface area contributed by atoms with Gasteiger partial charge in [-0.2, -0.15) is 18.4 Å². The molecule has 0 aliphatic heterocycles. The van der Waals surface area contributed by atoms with Crippen LogP contribution in [0, 0.1) is 23.0 Å². The number of nitrogens with zero attached hydrogens (tertiary/aromatic N) is 1. The van der Waals surface area contributed by atoms with Crippen molar-refractivity contribution in [2.75, 3.05) is 5.32 Å². The van der Waals surface area contributed by atoms with Crippen molar-refractivity contribution < 1.29 is 22.0 Å². The van der Waals surface area contributed by atoms with Crippen LogP contribution in [0.15, 0.2) is 36.4 Å². The molecule has 2 rings (SSSR count). The fraction of sp³-hybridized carbons (Fsp3) is 0.0714. The predicted molar refractivity (Wildman–Crippen MR) is 65.8 cm³/mol. The lowest BCUT2D eigenvalue weighted by Crippen LogP contribution is -2.08. The Hall–Kier alpha value is -2.62. The number of benzene rings is 2. The number of alkyl halides is 3. The highest BCUT2D eigenvalue weighted by Crippen LogP contribution is 2.33. The molecule has 2 nitrogen and oxygen atoms in total. The zero-order chi connectivity index (χ0) is 15.6.